The Hall–Kier alpha value is -1.39. The number of halogens is 1. The van der Waals surface area contributed by atoms with Crippen molar-refractivity contribution in [3.8, 4) is 11.4 Å². The van der Waals surface area contributed by atoms with Gasteiger partial charge in [-0.2, -0.15) is 4.98 Å². The van der Waals surface area contributed by atoms with E-state index in [0.717, 1.165) is 5.56 Å². The number of aromatic nitrogens is 2. The molecule has 2 aromatic rings. The first-order valence-electron chi connectivity index (χ1n) is 5.46. The molecule has 4 nitrogen and oxygen atoms in total. The van der Waals surface area contributed by atoms with Crippen molar-refractivity contribution in [1.29, 1.82) is 0 Å². The lowest BCUT2D eigenvalue weighted by Gasteiger charge is -1.95. The number of hydrogen-bond acceptors (Lipinski definition) is 4. The van der Waals surface area contributed by atoms with E-state index in [1.807, 2.05) is 19.1 Å². The predicted octanol–water partition coefficient (Wildman–Crippen LogP) is 2.97. The third kappa shape index (κ3) is 3.28. The van der Waals surface area contributed by atoms with Gasteiger partial charge in [-0.25, -0.2) is 0 Å². The molecule has 1 heterocycles. The third-order valence-corrected chi connectivity index (χ3v) is 2.49. The number of ether oxygens (including phenoxy) is 1. The molecule has 1 aromatic carbocycles. The van der Waals surface area contributed by atoms with Crippen LogP contribution in [0.1, 0.15) is 12.8 Å². The van der Waals surface area contributed by atoms with Crippen LogP contribution in [0.25, 0.3) is 11.4 Å². The van der Waals surface area contributed by atoms with Crippen LogP contribution >= 0.6 is 11.6 Å². The van der Waals surface area contributed by atoms with Crippen molar-refractivity contribution in [3.05, 3.63) is 35.2 Å². The molecule has 0 atom stereocenters. The summed E-state index contributed by atoms with van der Waals surface area (Å²) in [5.74, 6) is 1.16. The first kappa shape index (κ1) is 12.1. The zero-order chi connectivity index (χ0) is 12.1. The minimum atomic E-state index is 0.577. The molecular formula is C12H13ClN2O2. The molecule has 0 spiro atoms. The first-order chi connectivity index (χ1) is 8.29. The van der Waals surface area contributed by atoms with Crippen LogP contribution in [0.4, 0.5) is 0 Å². The van der Waals surface area contributed by atoms with E-state index in [-0.39, 0.29) is 0 Å². The second-order valence-electron chi connectivity index (χ2n) is 3.47. The summed E-state index contributed by atoms with van der Waals surface area (Å²) in [4.78, 5) is 4.28. The topological polar surface area (TPSA) is 48.2 Å². The molecule has 0 saturated heterocycles. The SMILES string of the molecule is CCOCCc1nc(-c2ccc(Cl)cc2)no1. The molecule has 1 aromatic heterocycles. The lowest BCUT2D eigenvalue weighted by molar-refractivity contribution is 0.144. The van der Waals surface area contributed by atoms with Crippen molar-refractivity contribution in [3.63, 3.8) is 0 Å². The molecule has 0 aliphatic heterocycles. The summed E-state index contributed by atoms with van der Waals surface area (Å²) >= 11 is 5.81. The fraction of sp³-hybridized carbons (Fsp3) is 0.333. The summed E-state index contributed by atoms with van der Waals surface area (Å²) in [6, 6.07) is 7.32. The second kappa shape index (κ2) is 5.80. The van der Waals surface area contributed by atoms with Gasteiger partial charge in [-0.3, -0.25) is 0 Å². The minimum Gasteiger partial charge on any atom is -0.381 e. The molecule has 0 unspecified atom stereocenters. The van der Waals surface area contributed by atoms with Crippen molar-refractivity contribution in [2.24, 2.45) is 0 Å². The lowest BCUT2D eigenvalue weighted by atomic mass is 10.2. The molecule has 2 rings (SSSR count). The van der Waals surface area contributed by atoms with Crippen molar-refractivity contribution < 1.29 is 9.26 Å². The highest BCUT2D eigenvalue weighted by Gasteiger charge is 2.07. The van der Waals surface area contributed by atoms with E-state index < -0.39 is 0 Å². The van der Waals surface area contributed by atoms with E-state index in [9.17, 15) is 0 Å². The minimum absolute atomic E-state index is 0.577. The van der Waals surface area contributed by atoms with Gasteiger partial charge in [-0.1, -0.05) is 16.8 Å². The zero-order valence-electron chi connectivity index (χ0n) is 9.52. The Balaban J connectivity index is 2.04. The van der Waals surface area contributed by atoms with Gasteiger partial charge in [0.25, 0.3) is 0 Å². The van der Waals surface area contributed by atoms with Gasteiger partial charge in [0.05, 0.1) is 13.0 Å². The highest BCUT2D eigenvalue weighted by Crippen LogP contribution is 2.18. The van der Waals surface area contributed by atoms with Gasteiger partial charge in [-0.05, 0) is 31.2 Å². The van der Waals surface area contributed by atoms with E-state index in [2.05, 4.69) is 10.1 Å². The molecule has 0 aliphatic rings. The number of rotatable bonds is 5. The van der Waals surface area contributed by atoms with E-state index >= 15 is 0 Å². The van der Waals surface area contributed by atoms with E-state index in [4.69, 9.17) is 20.9 Å². The van der Waals surface area contributed by atoms with Crippen LogP contribution in [0.15, 0.2) is 28.8 Å². The van der Waals surface area contributed by atoms with Crippen LogP contribution in [-0.2, 0) is 11.2 Å². The second-order valence-corrected chi connectivity index (χ2v) is 3.90. The van der Waals surface area contributed by atoms with Crippen molar-refractivity contribution in [2.45, 2.75) is 13.3 Å². The summed E-state index contributed by atoms with van der Waals surface area (Å²) in [5, 5.41) is 4.60. The van der Waals surface area contributed by atoms with Gasteiger partial charge in [0.15, 0.2) is 0 Å². The van der Waals surface area contributed by atoms with Crippen LogP contribution in [0.3, 0.4) is 0 Å². The number of benzene rings is 1. The van der Waals surface area contributed by atoms with Crippen LogP contribution in [0.5, 0.6) is 0 Å². The van der Waals surface area contributed by atoms with Crippen LogP contribution in [-0.4, -0.2) is 23.4 Å². The van der Waals surface area contributed by atoms with E-state index in [1.165, 1.54) is 0 Å². The highest BCUT2D eigenvalue weighted by atomic mass is 35.5. The van der Waals surface area contributed by atoms with E-state index in [0.29, 0.717) is 36.4 Å². The Kier molecular flexibility index (Phi) is 4.12. The third-order valence-electron chi connectivity index (χ3n) is 2.23. The Labute approximate surface area is 105 Å². The quantitative estimate of drug-likeness (QED) is 0.768. The van der Waals surface area contributed by atoms with Crippen LogP contribution < -0.4 is 0 Å². The molecular weight excluding hydrogens is 240 g/mol. The van der Waals surface area contributed by atoms with Crippen molar-refractivity contribution >= 4 is 11.6 Å². The Bertz CT molecular complexity index is 468. The summed E-state index contributed by atoms with van der Waals surface area (Å²) in [6.07, 6.45) is 0.633. The molecule has 17 heavy (non-hydrogen) atoms. The summed E-state index contributed by atoms with van der Waals surface area (Å²) in [5.41, 5.74) is 0.890. The van der Waals surface area contributed by atoms with Gasteiger partial charge < -0.3 is 9.26 Å². The Morgan fingerprint density at radius 2 is 2.06 bits per heavy atom. The fourth-order valence-corrected chi connectivity index (χ4v) is 1.50. The fourth-order valence-electron chi connectivity index (χ4n) is 1.38. The van der Waals surface area contributed by atoms with Crippen LogP contribution in [0, 0.1) is 0 Å². The molecule has 5 heteroatoms. The molecule has 0 amide bonds. The maximum Gasteiger partial charge on any atom is 0.229 e. The lowest BCUT2D eigenvalue weighted by Crippen LogP contribution is -1.97. The summed E-state index contributed by atoms with van der Waals surface area (Å²) in [6.45, 7) is 3.24. The smallest absolute Gasteiger partial charge is 0.229 e. The average molecular weight is 253 g/mol. The molecule has 0 N–H and O–H groups in total. The van der Waals surface area contributed by atoms with Crippen LogP contribution in [0.2, 0.25) is 5.02 Å². The standard InChI is InChI=1S/C12H13ClN2O2/c1-2-16-8-7-11-14-12(15-17-11)9-3-5-10(13)6-4-9/h3-6H,2,7-8H2,1H3. The number of hydrogen-bond donors (Lipinski definition) is 0. The monoisotopic (exact) mass is 252 g/mol. The average Bonchev–Trinajstić information content (AvgIpc) is 2.79. The predicted molar refractivity (Wildman–Crippen MR) is 64.9 cm³/mol. The molecule has 0 fully saturated rings. The van der Waals surface area contributed by atoms with Crippen molar-refractivity contribution in [2.75, 3.05) is 13.2 Å². The maximum atomic E-state index is 5.81. The van der Waals surface area contributed by atoms with E-state index in [1.54, 1.807) is 12.1 Å². The molecule has 0 bridgehead atoms. The van der Waals surface area contributed by atoms with Gasteiger partial charge in [-0.15, -0.1) is 0 Å². The molecule has 0 radical (unpaired) electrons. The van der Waals surface area contributed by atoms with Gasteiger partial charge >= 0.3 is 0 Å². The normalized spacial score (nSPS) is 10.7. The van der Waals surface area contributed by atoms with Gasteiger partial charge in [0.1, 0.15) is 0 Å². The van der Waals surface area contributed by atoms with Gasteiger partial charge in [0.2, 0.25) is 11.7 Å². The molecule has 0 aliphatic carbocycles. The first-order valence-corrected chi connectivity index (χ1v) is 5.83. The largest absolute Gasteiger partial charge is 0.381 e. The maximum absolute atomic E-state index is 5.81. The molecule has 0 saturated carbocycles. The van der Waals surface area contributed by atoms with Gasteiger partial charge in [0, 0.05) is 17.2 Å². The highest BCUT2D eigenvalue weighted by molar-refractivity contribution is 6.30. The zero-order valence-corrected chi connectivity index (χ0v) is 10.3. The Morgan fingerprint density at radius 3 is 2.76 bits per heavy atom. The molecule has 90 valence electrons. The number of nitrogens with zero attached hydrogens (tertiary/aromatic N) is 2. The Morgan fingerprint density at radius 1 is 1.29 bits per heavy atom. The summed E-state index contributed by atoms with van der Waals surface area (Å²) < 4.78 is 10.3. The summed E-state index contributed by atoms with van der Waals surface area (Å²) in [7, 11) is 0. The van der Waals surface area contributed by atoms with Crippen molar-refractivity contribution in [1.82, 2.24) is 10.1 Å².